The molecule has 0 spiro atoms. The summed E-state index contributed by atoms with van der Waals surface area (Å²) in [6, 6.07) is 0. The van der Waals surface area contributed by atoms with Crippen molar-refractivity contribution in [2.75, 3.05) is 11.1 Å². The number of hydrogen-bond donors (Lipinski definition) is 1. The molecule has 5 nitrogen and oxygen atoms in total. The lowest BCUT2D eigenvalue weighted by Crippen LogP contribution is -2.14. The Labute approximate surface area is 170 Å². The van der Waals surface area contributed by atoms with Gasteiger partial charge in [0.1, 0.15) is 15.7 Å². The summed E-state index contributed by atoms with van der Waals surface area (Å²) in [7, 11) is 0. The Morgan fingerprint density at radius 2 is 2.22 bits per heavy atom. The minimum absolute atomic E-state index is 0.0348. The topological polar surface area (TPSA) is 67.8 Å². The average Bonchev–Trinajstić information content (AvgIpc) is 3.26. The van der Waals surface area contributed by atoms with Crippen LogP contribution in [0.2, 0.25) is 0 Å². The summed E-state index contributed by atoms with van der Waals surface area (Å²) in [4.78, 5) is 28.8. The highest BCUT2D eigenvalue weighted by Crippen LogP contribution is 2.44. The van der Waals surface area contributed by atoms with Crippen LogP contribution in [0.5, 0.6) is 0 Å². The van der Waals surface area contributed by atoms with Crippen molar-refractivity contribution in [3.05, 3.63) is 27.8 Å². The van der Waals surface area contributed by atoms with Crippen molar-refractivity contribution in [3.8, 4) is 0 Å². The molecule has 140 valence electrons. The van der Waals surface area contributed by atoms with E-state index in [-0.39, 0.29) is 5.91 Å². The summed E-state index contributed by atoms with van der Waals surface area (Å²) in [5.74, 6) is 2.53. The predicted octanol–water partition coefficient (Wildman–Crippen LogP) is 4.88. The number of amides is 1. The molecule has 1 unspecified atom stereocenters. The van der Waals surface area contributed by atoms with Gasteiger partial charge in [0, 0.05) is 27.8 Å². The van der Waals surface area contributed by atoms with Crippen LogP contribution < -0.4 is 5.32 Å². The van der Waals surface area contributed by atoms with Crippen LogP contribution >= 0.6 is 34.4 Å². The van der Waals surface area contributed by atoms with Gasteiger partial charge in [0.2, 0.25) is 5.91 Å². The molecule has 0 aliphatic heterocycles. The Balaban J connectivity index is 1.45. The lowest BCUT2D eigenvalue weighted by molar-refractivity contribution is -0.113. The summed E-state index contributed by atoms with van der Waals surface area (Å²) >= 11 is 4.81. The number of carbonyl (C=O) groups excluding carboxylic acids is 1. The molecule has 0 radical (unpaired) electrons. The van der Waals surface area contributed by atoms with Gasteiger partial charge < -0.3 is 5.32 Å². The first-order valence-corrected chi connectivity index (χ1v) is 12.0. The molecule has 1 atom stereocenters. The molecular formula is C19H20N4OS3. The SMILES string of the molecule is CC1CCc2c(sc3nc(C4CC4)nc(SCC(=O)Nc4nccs4)c23)C1. The number of carbonyl (C=O) groups is 1. The Bertz CT molecular complexity index is 994. The van der Waals surface area contributed by atoms with E-state index in [0.717, 1.165) is 34.4 Å². The number of thiazole rings is 1. The van der Waals surface area contributed by atoms with Crippen molar-refractivity contribution in [2.45, 2.75) is 50.0 Å². The van der Waals surface area contributed by atoms with Crippen LogP contribution in [0.3, 0.4) is 0 Å². The van der Waals surface area contributed by atoms with Gasteiger partial charge >= 0.3 is 0 Å². The maximum absolute atomic E-state index is 12.3. The van der Waals surface area contributed by atoms with Gasteiger partial charge in [-0.3, -0.25) is 4.79 Å². The normalized spacial score (nSPS) is 19.2. The lowest BCUT2D eigenvalue weighted by Gasteiger charge is -2.18. The van der Waals surface area contributed by atoms with E-state index in [2.05, 4.69) is 17.2 Å². The summed E-state index contributed by atoms with van der Waals surface area (Å²) in [6.07, 6.45) is 7.52. The molecule has 0 aromatic carbocycles. The van der Waals surface area contributed by atoms with E-state index in [4.69, 9.17) is 9.97 Å². The number of hydrogen-bond acceptors (Lipinski definition) is 7. The average molecular weight is 417 g/mol. The van der Waals surface area contributed by atoms with Gasteiger partial charge in [-0.2, -0.15) is 0 Å². The van der Waals surface area contributed by atoms with E-state index >= 15 is 0 Å². The minimum atomic E-state index is -0.0348. The van der Waals surface area contributed by atoms with Gasteiger partial charge in [-0.25, -0.2) is 15.0 Å². The van der Waals surface area contributed by atoms with Crippen molar-refractivity contribution < 1.29 is 4.79 Å². The third kappa shape index (κ3) is 3.62. The maximum atomic E-state index is 12.3. The number of nitrogens with zero attached hydrogens (tertiary/aromatic N) is 3. The minimum Gasteiger partial charge on any atom is -0.301 e. The molecule has 3 heterocycles. The van der Waals surface area contributed by atoms with Crippen LogP contribution in [0.4, 0.5) is 5.13 Å². The standard InChI is InChI=1S/C19H20N4OS3/c1-10-2-5-12-13(8-10)27-18-15(12)17(22-16(23-18)11-3-4-11)26-9-14(24)21-19-20-6-7-25-19/h6-7,10-11H,2-5,8-9H2,1H3,(H,20,21,24). The van der Waals surface area contributed by atoms with E-state index in [1.165, 1.54) is 58.2 Å². The number of aromatic nitrogens is 3. The first-order valence-electron chi connectivity index (χ1n) is 9.31. The van der Waals surface area contributed by atoms with E-state index in [1.54, 1.807) is 6.20 Å². The van der Waals surface area contributed by atoms with Gasteiger partial charge in [0.15, 0.2) is 5.13 Å². The van der Waals surface area contributed by atoms with Gasteiger partial charge in [0.05, 0.1) is 5.75 Å². The largest absolute Gasteiger partial charge is 0.301 e. The third-order valence-electron chi connectivity index (χ3n) is 5.10. The van der Waals surface area contributed by atoms with Crippen LogP contribution in [0, 0.1) is 5.92 Å². The fourth-order valence-corrected chi connectivity index (χ4v) is 6.39. The van der Waals surface area contributed by atoms with Crippen molar-refractivity contribution in [2.24, 2.45) is 5.92 Å². The second-order valence-corrected chi connectivity index (χ2v) is 10.3. The second kappa shape index (κ2) is 7.14. The fraction of sp³-hybridized carbons (Fsp3) is 0.474. The number of nitrogens with one attached hydrogen (secondary N) is 1. The van der Waals surface area contributed by atoms with E-state index in [0.29, 0.717) is 16.8 Å². The molecule has 8 heteroatoms. The van der Waals surface area contributed by atoms with Crippen LogP contribution in [0.15, 0.2) is 16.6 Å². The van der Waals surface area contributed by atoms with Crippen LogP contribution in [0.1, 0.15) is 48.4 Å². The number of thiophene rings is 1. The van der Waals surface area contributed by atoms with E-state index in [9.17, 15) is 4.79 Å². The van der Waals surface area contributed by atoms with Crippen molar-refractivity contribution >= 4 is 55.7 Å². The predicted molar refractivity (Wildman–Crippen MR) is 112 cm³/mol. The summed E-state index contributed by atoms with van der Waals surface area (Å²) in [5.41, 5.74) is 1.43. The summed E-state index contributed by atoms with van der Waals surface area (Å²) < 4.78 is 0. The molecule has 27 heavy (non-hydrogen) atoms. The number of aryl methyl sites for hydroxylation is 1. The van der Waals surface area contributed by atoms with Crippen LogP contribution in [0.25, 0.3) is 10.2 Å². The molecule has 1 saturated carbocycles. The Kier molecular flexibility index (Phi) is 4.65. The maximum Gasteiger partial charge on any atom is 0.236 e. The third-order valence-corrected chi connectivity index (χ3v) is 7.91. The van der Waals surface area contributed by atoms with Crippen molar-refractivity contribution in [1.29, 1.82) is 0 Å². The summed E-state index contributed by atoms with van der Waals surface area (Å²) in [6.45, 7) is 2.33. The molecule has 5 rings (SSSR count). The Morgan fingerprint density at radius 1 is 1.33 bits per heavy atom. The van der Waals surface area contributed by atoms with Gasteiger partial charge in [-0.15, -0.1) is 22.7 Å². The molecule has 0 saturated heterocycles. The van der Waals surface area contributed by atoms with Crippen LogP contribution in [-0.4, -0.2) is 26.6 Å². The van der Waals surface area contributed by atoms with E-state index in [1.807, 2.05) is 16.7 Å². The van der Waals surface area contributed by atoms with Crippen molar-refractivity contribution in [3.63, 3.8) is 0 Å². The van der Waals surface area contributed by atoms with E-state index < -0.39 is 0 Å². The second-order valence-electron chi connectivity index (χ2n) is 7.37. The van der Waals surface area contributed by atoms with Crippen LogP contribution in [-0.2, 0) is 17.6 Å². The number of anilines is 1. The smallest absolute Gasteiger partial charge is 0.236 e. The molecule has 3 aromatic heterocycles. The fourth-order valence-electron chi connectivity index (χ4n) is 3.53. The van der Waals surface area contributed by atoms with Crippen molar-refractivity contribution in [1.82, 2.24) is 15.0 Å². The number of fused-ring (bicyclic) bond motifs is 3. The monoisotopic (exact) mass is 416 g/mol. The number of thioether (sulfide) groups is 1. The quantitative estimate of drug-likeness (QED) is 0.474. The molecule has 2 aliphatic carbocycles. The Hall–Kier alpha value is -1.51. The molecule has 0 bridgehead atoms. The highest BCUT2D eigenvalue weighted by Gasteiger charge is 2.30. The first-order chi connectivity index (χ1) is 13.2. The van der Waals surface area contributed by atoms with Gasteiger partial charge in [0.25, 0.3) is 0 Å². The summed E-state index contributed by atoms with van der Waals surface area (Å²) in [5, 5.41) is 7.56. The highest BCUT2D eigenvalue weighted by molar-refractivity contribution is 8.00. The zero-order chi connectivity index (χ0) is 18.4. The molecule has 3 aromatic rings. The lowest BCUT2D eigenvalue weighted by atomic mass is 9.89. The zero-order valence-electron chi connectivity index (χ0n) is 15.0. The molecule has 2 aliphatic rings. The number of rotatable bonds is 5. The zero-order valence-corrected chi connectivity index (χ0v) is 17.5. The molecule has 1 amide bonds. The first kappa shape index (κ1) is 17.6. The molecule has 1 fully saturated rings. The van der Waals surface area contributed by atoms with Gasteiger partial charge in [-0.05, 0) is 43.6 Å². The molecular weight excluding hydrogens is 396 g/mol. The molecule has 1 N–H and O–H groups in total. The Morgan fingerprint density at radius 3 is 3.00 bits per heavy atom. The highest BCUT2D eigenvalue weighted by atomic mass is 32.2. The van der Waals surface area contributed by atoms with Gasteiger partial charge in [-0.1, -0.05) is 18.7 Å².